The zero-order valence-electron chi connectivity index (χ0n) is 35.8. The Labute approximate surface area is 371 Å². The maximum absolute atomic E-state index is 2.64. The number of nitrogens with zero attached hydrogens (tertiary/aromatic N) is 5. The molecule has 1 saturated carbocycles. The van der Waals surface area contributed by atoms with Gasteiger partial charge in [-0.25, -0.2) is 0 Å². The molecule has 0 atom stereocenters. The first-order valence-corrected chi connectivity index (χ1v) is 22.8. The van der Waals surface area contributed by atoms with Gasteiger partial charge in [0.1, 0.15) is 5.66 Å². The molecule has 63 heavy (non-hydrogen) atoms. The Kier molecular flexibility index (Phi) is 8.09. The average Bonchev–Trinajstić information content (AvgIpc) is 3.53. The Morgan fingerprint density at radius 1 is 0.413 bits per heavy atom. The van der Waals surface area contributed by atoms with E-state index >= 15 is 0 Å². The molecule has 4 aliphatic heterocycles. The predicted octanol–water partition coefficient (Wildman–Crippen LogP) is 9.62. The van der Waals surface area contributed by atoms with Gasteiger partial charge in [-0.2, -0.15) is 0 Å². The molecule has 13 rings (SSSR count). The van der Waals surface area contributed by atoms with Crippen LogP contribution in [0.2, 0.25) is 0 Å². The van der Waals surface area contributed by atoms with Gasteiger partial charge >= 0.3 is 0 Å². The van der Waals surface area contributed by atoms with Gasteiger partial charge in [0.05, 0.1) is 17.1 Å². The fourth-order valence-electron chi connectivity index (χ4n) is 12.3. The van der Waals surface area contributed by atoms with Crippen molar-refractivity contribution in [2.75, 3.05) is 38.6 Å². The third-order valence-corrected chi connectivity index (χ3v) is 15.1. The number of hydrogen-bond acceptors (Lipinski definition) is 5. The van der Waals surface area contributed by atoms with E-state index in [-0.39, 0.29) is 19.1 Å². The quantitative estimate of drug-likeness (QED) is 0.161. The fraction of sp³-hybridized carbons (Fsp3) is 0.143. The van der Waals surface area contributed by atoms with Crippen LogP contribution in [-0.2, 0) is 0 Å². The molecule has 4 heterocycles. The molecule has 1 fully saturated rings. The molecule has 7 heteroatoms. The van der Waals surface area contributed by atoms with Crippen LogP contribution in [0, 0.1) is 0 Å². The van der Waals surface area contributed by atoms with Crippen LogP contribution in [0.5, 0.6) is 0 Å². The summed E-state index contributed by atoms with van der Waals surface area (Å²) in [6, 6.07) is 70.4. The Balaban J connectivity index is 1.15. The van der Waals surface area contributed by atoms with Crippen LogP contribution in [-0.4, -0.2) is 33.2 Å². The normalized spacial score (nSPS) is 16.0. The summed E-state index contributed by atoms with van der Waals surface area (Å²) in [5, 5.41) is 0. The van der Waals surface area contributed by atoms with E-state index in [1.807, 2.05) is 0 Å². The van der Waals surface area contributed by atoms with Gasteiger partial charge < -0.3 is 24.5 Å². The van der Waals surface area contributed by atoms with E-state index in [0.29, 0.717) is 0 Å². The van der Waals surface area contributed by atoms with Crippen LogP contribution in [0.3, 0.4) is 0 Å². The van der Waals surface area contributed by atoms with Gasteiger partial charge in [-0.3, -0.25) is 0 Å². The molecule has 0 radical (unpaired) electrons. The van der Waals surface area contributed by atoms with E-state index in [2.05, 4.69) is 227 Å². The topological polar surface area (TPSA) is 16.2 Å². The van der Waals surface area contributed by atoms with Gasteiger partial charge in [0.2, 0.25) is 6.71 Å². The summed E-state index contributed by atoms with van der Waals surface area (Å²) in [5.74, 6) is 0. The summed E-state index contributed by atoms with van der Waals surface area (Å²) >= 11 is 0. The number of anilines is 11. The van der Waals surface area contributed by atoms with Crippen LogP contribution in [0.1, 0.15) is 32.1 Å². The molecular formula is C56H47B2N5. The number of fused-ring (bicyclic) bond motifs is 7. The van der Waals surface area contributed by atoms with Crippen molar-refractivity contribution in [3.05, 3.63) is 188 Å². The van der Waals surface area contributed by atoms with E-state index in [1.165, 1.54) is 105 Å². The first-order chi connectivity index (χ1) is 31.1. The molecule has 0 unspecified atom stereocenters. The molecule has 5 aliphatic rings. The highest BCUT2D eigenvalue weighted by molar-refractivity contribution is 7.03. The minimum Gasteiger partial charge on any atom is -0.350 e. The van der Waals surface area contributed by atoms with Gasteiger partial charge in [0.25, 0.3) is 6.71 Å². The highest BCUT2D eigenvalue weighted by Crippen LogP contribution is 2.54. The molecule has 0 saturated heterocycles. The fourth-order valence-corrected chi connectivity index (χ4v) is 12.3. The largest absolute Gasteiger partial charge is 0.350 e. The number of para-hydroxylation sites is 5. The lowest BCUT2D eigenvalue weighted by Gasteiger charge is -2.48. The smallest absolute Gasteiger partial charge is 0.252 e. The lowest BCUT2D eigenvalue weighted by Crippen LogP contribution is -2.66. The van der Waals surface area contributed by atoms with Crippen molar-refractivity contribution in [1.82, 2.24) is 0 Å². The van der Waals surface area contributed by atoms with Crippen molar-refractivity contribution in [3.8, 4) is 0 Å². The van der Waals surface area contributed by atoms with Gasteiger partial charge in [-0.05, 0) is 120 Å². The maximum Gasteiger partial charge on any atom is 0.252 e. The molecule has 0 N–H and O–H groups in total. The molecule has 0 aromatic heterocycles. The second-order valence-electron chi connectivity index (χ2n) is 18.1. The SMILES string of the molecule is CN1c2cc3c(cc2N(C)C12CCCCC2)N(c1ccccc1)c1cc(N(c2ccccc2)c2ccccc2)cc2c1B3c1cccc3c1N2c1ccccc1B3c1ccccc1. The molecule has 0 amide bonds. The van der Waals surface area contributed by atoms with E-state index in [0.717, 1.165) is 22.7 Å². The van der Waals surface area contributed by atoms with Crippen molar-refractivity contribution in [2.24, 2.45) is 0 Å². The van der Waals surface area contributed by atoms with Crippen molar-refractivity contribution < 1.29 is 0 Å². The number of benzene rings is 8. The van der Waals surface area contributed by atoms with Crippen molar-refractivity contribution in [1.29, 1.82) is 0 Å². The molecular weight excluding hydrogens is 764 g/mol. The Morgan fingerprint density at radius 3 is 1.62 bits per heavy atom. The molecule has 8 aromatic carbocycles. The van der Waals surface area contributed by atoms with Gasteiger partial charge in [0.15, 0.2) is 0 Å². The summed E-state index contributed by atoms with van der Waals surface area (Å²) in [4.78, 5) is 12.9. The van der Waals surface area contributed by atoms with Crippen LogP contribution < -0.4 is 57.3 Å². The second kappa shape index (κ2) is 14.0. The van der Waals surface area contributed by atoms with Crippen molar-refractivity contribution in [2.45, 2.75) is 37.8 Å². The van der Waals surface area contributed by atoms with Gasteiger partial charge in [-0.1, -0.05) is 133 Å². The summed E-state index contributed by atoms with van der Waals surface area (Å²) < 4.78 is 0. The van der Waals surface area contributed by atoms with Gasteiger partial charge in [0, 0.05) is 59.6 Å². The van der Waals surface area contributed by atoms with E-state index in [9.17, 15) is 0 Å². The van der Waals surface area contributed by atoms with Crippen molar-refractivity contribution >= 4 is 109 Å². The van der Waals surface area contributed by atoms with E-state index < -0.39 is 0 Å². The molecule has 0 bridgehead atoms. The highest BCUT2D eigenvalue weighted by Gasteiger charge is 2.51. The Hall–Kier alpha value is -7.11. The number of hydrogen-bond donors (Lipinski definition) is 0. The monoisotopic (exact) mass is 811 g/mol. The van der Waals surface area contributed by atoms with Crippen molar-refractivity contribution in [3.63, 3.8) is 0 Å². The molecule has 1 spiro atoms. The van der Waals surface area contributed by atoms with Crippen LogP contribution in [0.4, 0.5) is 62.6 Å². The zero-order valence-corrected chi connectivity index (χ0v) is 35.8. The first kappa shape index (κ1) is 36.5. The molecule has 5 nitrogen and oxygen atoms in total. The lowest BCUT2D eigenvalue weighted by molar-refractivity contribution is 0.293. The van der Waals surface area contributed by atoms with Crippen LogP contribution >= 0.6 is 0 Å². The van der Waals surface area contributed by atoms with Gasteiger partial charge in [-0.15, -0.1) is 0 Å². The number of rotatable bonds is 5. The standard InChI is InChI=1S/C56H47B2N5/c1-59-50-37-47-49(38-51(50)60(2)56(59)33-18-7-19-34-56)62(42-27-14-6-15-28-42)52-35-43(61(40-23-10-4-11-24-40)41-25-12-5-13-26-41)36-53-54(52)58(47)46-31-20-30-45-55(46)63(53)48-32-17-16-29-44(48)57(45)39-21-8-3-9-22-39/h3-6,8-17,20-32,35-38H,7,18-19,33-34H2,1-2H3. The summed E-state index contributed by atoms with van der Waals surface area (Å²) in [6.45, 7) is 0.0958. The third kappa shape index (κ3) is 5.20. The lowest BCUT2D eigenvalue weighted by atomic mass is 9.29. The average molecular weight is 812 g/mol. The predicted molar refractivity (Wildman–Crippen MR) is 269 cm³/mol. The summed E-state index contributed by atoms with van der Waals surface area (Å²) in [5.41, 5.74) is 21.5. The van der Waals surface area contributed by atoms with E-state index in [1.54, 1.807) is 0 Å². The molecule has 8 aromatic rings. The molecule has 1 aliphatic carbocycles. The minimum atomic E-state index is -0.0128. The van der Waals surface area contributed by atoms with Crippen LogP contribution in [0.15, 0.2) is 188 Å². The summed E-state index contributed by atoms with van der Waals surface area (Å²) in [7, 11) is 4.71. The second-order valence-corrected chi connectivity index (χ2v) is 18.1. The summed E-state index contributed by atoms with van der Waals surface area (Å²) in [6.07, 6.45) is 6.18. The van der Waals surface area contributed by atoms with Crippen LogP contribution in [0.25, 0.3) is 0 Å². The maximum atomic E-state index is 2.64. The third-order valence-electron chi connectivity index (χ3n) is 15.1. The zero-order chi connectivity index (χ0) is 41.8. The first-order valence-electron chi connectivity index (χ1n) is 22.8. The highest BCUT2D eigenvalue weighted by atomic mass is 15.4. The minimum absolute atomic E-state index is 0.000658. The Morgan fingerprint density at radius 2 is 0.952 bits per heavy atom. The Bertz CT molecular complexity index is 3020. The van der Waals surface area contributed by atoms with E-state index in [4.69, 9.17) is 0 Å². The molecule has 302 valence electrons.